The molecule has 1 aromatic carbocycles. The molecule has 0 bridgehead atoms. The molecule has 2 amide bonds. The lowest BCUT2D eigenvalue weighted by atomic mass is 10.1. The van der Waals surface area contributed by atoms with Gasteiger partial charge in [-0.25, -0.2) is 13.6 Å². The zero-order chi connectivity index (χ0) is 14.5. The number of amides is 2. The number of aromatic nitrogens is 2. The van der Waals surface area contributed by atoms with Crippen LogP contribution in [-0.2, 0) is 0 Å². The number of carbonyl (C=O) groups excluding carboxylic acids is 1. The number of anilines is 1. The van der Waals surface area contributed by atoms with Crippen LogP contribution in [-0.4, -0.2) is 27.9 Å². The van der Waals surface area contributed by atoms with E-state index in [2.05, 4.69) is 20.8 Å². The summed E-state index contributed by atoms with van der Waals surface area (Å²) in [5.41, 5.74) is 1.35. The van der Waals surface area contributed by atoms with Crippen molar-refractivity contribution in [3.63, 3.8) is 0 Å². The second kappa shape index (κ2) is 6.35. The third-order valence-corrected chi connectivity index (χ3v) is 2.96. The summed E-state index contributed by atoms with van der Waals surface area (Å²) in [4.78, 5) is 11.4. The fourth-order valence-corrected chi connectivity index (χ4v) is 1.88. The molecule has 6 nitrogen and oxygen atoms in total. The van der Waals surface area contributed by atoms with Gasteiger partial charge in [0.05, 0.1) is 6.10 Å². The molecular formula is C11H10F2N4O2S. The molecule has 0 aliphatic carbocycles. The molecule has 1 heterocycles. The molecule has 0 fully saturated rings. The van der Waals surface area contributed by atoms with Gasteiger partial charge in [-0.05, 0) is 6.07 Å². The first-order chi connectivity index (χ1) is 9.56. The number of halogens is 2. The maximum absolute atomic E-state index is 13.4. The van der Waals surface area contributed by atoms with Crippen LogP contribution >= 0.6 is 11.3 Å². The Balaban J connectivity index is 1.88. The highest BCUT2D eigenvalue weighted by Crippen LogP contribution is 2.17. The minimum atomic E-state index is -1.28. The molecule has 3 N–H and O–H groups in total. The minimum Gasteiger partial charge on any atom is -0.386 e. The summed E-state index contributed by atoms with van der Waals surface area (Å²) in [6.45, 7) is -0.229. The Hall–Kier alpha value is -2.13. The highest BCUT2D eigenvalue weighted by molar-refractivity contribution is 7.13. The highest BCUT2D eigenvalue weighted by Gasteiger charge is 2.14. The summed E-state index contributed by atoms with van der Waals surface area (Å²) >= 11 is 1.13. The van der Waals surface area contributed by atoms with Crippen LogP contribution in [0, 0.1) is 11.6 Å². The van der Waals surface area contributed by atoms with Gasteiger partial charge in [-0.1, -0.05) is 17.4 Å². The third-order valence-electron chi connectivity index (χ3n) is 2.36. The van der Waals surface area contributed by atoms with Crippen LogP contribution in [0.1, 0.15) is 11.7 Å². The fraction of sp³-hybridized carbons (Fsp3) is 0.182. The Bertz CT molecular complexity index is 594. The van der Waals surface area contributed by atoms with Gasteiger partial charge in [0.2, 0.25) is 5.13 Å². The predicted octanol–water partition coefficient (Wildman–Crippen LogP) is 1.67. The van der Waals surface area contributed by atoms with E-state index in [1.165, 1.54) is 5.51 Å². The molecule has 0 aliphatic heterocycles. The number of rotatable bonds is 4. The first-order valence-electron chi connectivity index (χ1n) is 5.50. The Labute approximate surface area is 116 Å². The van der Waals surface area contributed by atoms with Crippen LogP contribution < -0.4 is 10.6 Å². The van der Waals surface area contributed by atoms with Crippen molar-refractivity contribution in [2.24, 2.45) is 0 Å². The van der Waals surface area contributed by atoms with Crippen LogP contribution in [0.2, 0.25) is 0 Å². The average molecular weight is 300 g/mol. The molecule has 0 saturated heterocycles. The summed E-state index contributed by atoms with van der Waals surface area (Å²) in [5, 5.41) is 21.9. The number of hydrogen-bond donors (Lipinski definition) is 3. The zero-order valence-corrected chi connectivity index (χ0v) is 10.8. The lowest BCUT2D eigenvalue weighted by Gasteiger charge is -2.13. The van der Waals surface area contributed by atoms with Crippen molar-refractivity contribution in [3.8, 4) is 0 Å². The van der Waals surface area contributed by atoms with Gasteiger partial charge in [0.1, 0.15) is 17.1 Å². The van der Waals surface area contributed by atoms with E-state index in [-0.39, 0.29) is 12.1 Å². The van der Waals surface area contributed by atoms with E-state index < -0.39 is 23.8 Å². The third kappa shape index (κ3) is 3.68. The van der Waals surface area contributed by atoms with Crippen LogP contribution in [0.5, 0.6) is 0 Å². The van der Waals surface area contributed by atoms with Crippen LogP contribution in [0.25, 0.3) is 0 Å². The van der Waals surface area contributed by atoms with E-state index in [4.69, 9.17) is 0 Å². The molecule has 1 unspecified atom stereocenters. The van der Waals surface area contributed by atoms with Gasteiger partial charge < -0.3 is 10.4 Å². The van der Waals surface area contributed by atoms with Crippen molar-refractivity contribution in [2.45, 2.75) is 6.10 Å². The van der Waals surface area contributed by atoms with Crippen molar-refractivity contribution in [2.75, 3.05) is 11.9 Å². The van der Waals surface area contributed by atoms with Gasteiger partial charge in [-0.3, -0.25) is 5.32 Å². The molecule has 1 atom stereocenters. The summed E-state index contributed by atoms with van der Waals surface area (Å²) in [5.74, 6) is -1.61. The number of benzene rings is 1. The Kier molecular flexibility index (Phi) is 4.53. The summed E-state index contributed by atoms with van der Waals surface area (Å²) < 4.78 is 26.1. The van der Waals surface area contributed by atoms with E-state index in [1.807, 2.05) is 0 Å². The summed E-state index contributed by atoms with van der Waals surface area (Å²) in [7, 11) is 0. The average Bonchev–Trinajstić information content (AvgIpc) is 2.89. The summed E-state index contributed by atoms with van der Waals surface area (Å²) in [6.07, 6.45) is -1.28. The topological polar surface area (TPSA) is 87.1 Å². The van der Waals surface area contributed by atoms with E-state index in [0.29, 0.717) is 11.2 Å². The number of urea groups is 1. The minimum absolute atomic E-state index is 0.0948. The number of hydrogen-bond acceptors (Lipinski definition) is 5. The van der Waals surface area contributed by atoms with Crippen molar-refractivity contribution in [1.82, 2.24) is 15.5 Å². The molecule has 0 radical (unpaired) electrons. The largest absolute Gasteiger partial charge is 0.386 e. The van der Waals surface area contributed by atoms with E-state index >= 15 is 0 Å². The maximum Gasteiger partial charge on any atom is 0.321 e. The molecule has 1 aromatic heterocycles. The van der Waals surface area contributed by atoms with Crippen LogP contribution in [0.4, 0.5) is 18.7 Å². The second-order valence-corrected chi connectivity index (χ2v) is 4.59. The SMILES string of the molecule is O=C(NCC(O)c1ccc(F)cc1F)Nc1nncs1. The molecule has 0 aliphatic rings. The summed E-state index contributed by atoms with van der Waals surface area (Å²) in [6, 6.07) is 2.21. The van der Waals surface area contributed by atoms with Gasteiger partial charge >= 0.3 is 6.03 Å². The van der Waals surface area contributed by atoms with Gasteiger partial charge in [0.15, 0.2) is 0 Å². The number of aliphatic hydroxyl groups is 1. The van der Waals surface area contributed by atoms with E-state index in [9.17, 15) is 18.7 Å². The number of nitrogens with one attached hydrogen (secondary N) is 2. The normalized spacial score (nSPS) is 11.9. The lowest BCUT2D eigenvalue weighted by molar-refractivity contribution is 0.170. The molecule has 2 aromatic rings. The first-order valence-corrected chi connectivity index (χ1v) is 6.38. The number of nitrogens with zero attached hydrogens (tertiary/aromatic N) is 2. The number of aliphatic hydroxyl groups excluding tert-OH is 1. The second-order valence-electron chi connectivity index (χ2n) is 3.76. The molecule has 20 heavy (non-hydrogen) atoms. The fourth-order valence-electron chi connectivity index (χ4n) is 1.44. The van der Waals surface area contributed by atoms with Gasteiger partial charge in [0.25, 0.3) is 0 Å². The molecule has 2 rings (SSSR count). The van der Waals surface area contributed by atoms with Crippen LogP contribution in [0.15, 0.2) is 23.7 Å². The quantitative estimate of drug-likeness (QED) is 0.801. The molecule has 9 heteroatoms. The van der Waals surface area contributed by atoms with Crippen molar-refractivity contribution in [3.05, 3.63) is 40.9 Å². The molecular weight excluding hydrogens is 290 g/mol. The zero-order valence-electron chi connectivity index (χ0n) is 10.0. The Morgan fingerprint density at radius 2 is 2.25 bits per heavy atom. The van der Waals surface area contributed by atoms with Crippen molar-refractivity contribution >= 4 is 22.5 Å². The van der Waals surface area contributed by atoms with E-state index in [0.717, 1.165) is 23.5 Å². The maximum atomic E-state index is 13.4. The van der Waals surface area contributed by atoms with Gasteiger partial charge in [-0.15, -0.1) is 10.2 Å². The van der Waals surface area contributed by atoms with E-state index in [1.54, 1.807) is 0 Å². The monoisotopic (exact) mass is 300 g/mol. The Morgan fingerprint density at radius 3 is 2.90 bits per heavy atom. The first kappa shape index (κ1) is 14.3. The van der Waals surface area contributed by atoms with Crippen molar-refractivity contribution < 1.29 is 18.7 Å². The molecule has 106 valence electrons. The van der Waals surface area contributed by atoms with Gasteiger partial charge in [0, 0.05) is 18.2 Å². The predicted molar refractivity (Wildman–Crippen MR) is 68.2 cm³/mol. The van der Waals surface area contributed by atoms with Crippen molar-refractivity contribution in [1.29, 1.82) is 0 Å². The smallest absolute Gasteiger partial charge is 0.321 e. The lowest BCUT2D eigenvalue weighted by Crippen LogP contribution is -2.32. The highest BCUT2D eigenvalue weighted by atomic mass is 32.1. The number of carbonyl (C=O) groups is 1. The molecule has 0 spiro atoms. The van der Waals surface area contributed by atoms with Gasteiger partial charge in [-0.2, -0.15) is 0 Å². The standard InChI is InChI=1S/C11H10F2N4O2S/c12-6-1-2-7(8(13)3-6)9(18)4-14-10(19)16-11-17-15-5-20-11/h1-3,5,9,18H,4H2,(H2,14,16,17,19). The molecule has 0 saturated carbocycles. The Morgan fingerprint density at radius 1 is 1.45 bits per heavy atom. The van der Waals surface area contributed by atoms with Crippen LogP contribution in [0.3, 0.4) is 0 Å².